The van der Waals surface area contributed by atoms with Gasteiger partial charge < -0.3 is 15.0 Å². The fourth-order valence-electron chi connectivity index (χ4n) is 4.29. The topological polar surface area (TPSA) is 96.0 Å². The van der Waals surface area contributed by atoms with Crippen molar-refractivity contribution in [3.05, 3.63) is 94.8 Å². The zero-order valence-corrected chi connectivity index (χ0v) is 24.9. The van der Waals surface area contributed by atoms with Crippen molar-refractivity contribution < 1.29 is 27.1 Å². The second-order valence-electron chi connectivity index (χ2n) is 9.55. The van der Waals surface area contributed by atoms with E-state index in [1.54, 1.807) is 6.07 Å². The zero-order chi connectivity index (χ0) is 30.0. The van der Waals surface area contributed by atoms with Crippen molar-refractivity contribution in [1.82, 2.24) is 10.2 Å². The van der Waals surface area contributed by atoms with E-state index in [1.165, 1.54) is 48.4 Å². The number of nitrogens with one attached hydrogen (secondary N) is 1. The Labute approximate surface area is 246 Å². The van der Waals surface area contributed by atoms with Crippen LogP contribution in [0.25, 0.3) is 0 Å². The van der Waals surface area contributed by atoms with Gasteiger partial charge in [0, 0.05) is 25.1 Å². The minimum absolute atomic E-state index is 0.143. The number of hydrogen-bond donors (Lipinski definition) is 1. The molecule has 3 rings (SSSR count). The van der Waals surface area contributed by atoms with E-state index in [4.69, 9.17) is 16.3 Å². The van der Waals surface area contributed by atoms with Gasteiger partial charge in [-0.3, -0.25) is 13.9 Å². The van der Waals surface area contributed by atoms with Crippen LogP contribution in [0, 0.1) is 5.82 Å². The molecule has 11 heteroatoms. The summed E-state index contributed by atoms with van der Waals surface area (Å²) >= 11 is 6.25. The van der Waals surface area contributed by atoms with E-state index in [0.717, 1.165) is 29.0 Å². The Hall–Kier alpha value is -3.63. The maximum absolute atomic E-state index is 14.8. The number of sulfonamides is 1. The van der Waals surface area contributed by atoms with Gasteiger partial charge in [-0.05, 0) is 36.2 Å². The monoisotopic (exact) mass is 603 g/mol. The van der Waals surface area contributed by atoms with Crippen molar-refractivity contribution in [2.45, 2.75) is 38.8 Å². The molecule has 0 saturated carbocycles. The van der Waals surface area contributed by atoms with Crippen LogP contribution in [0.4, 0.5) is 10.1 Å². The molecule has 0 aliphatic carbocycles. The van der Waals surface area contributed by atoms with Crippen molar-refractivity contribution in [1.29, 1.82) is 0 Å². The number of carbonyl (C=O) groups is 2. The van der Waals surface area contributed by atoms with Gasteiger partial charge in [0.15, 0.2) is 0 Å². The SMILES string of the molecule is CCCCNC(=O)[C@@H](Cc1ccccc1)N(Cc1ccccc1F)C(=O)CN(c1ccc(OC)c(Cl)c1)S(C)(=O)=O. The largest absolute Gasteiger partial charge is 0.495 e. The van der Waals surface area contributed by atoms with Crippen LogP contribution in [0.5, 0.6) is 5.75 Å². The van der Waals surface area contributed by atoms with Crippen molar-refractivity contribution in [3.63, 3.8) is 0 Å². The minimum atomic E-state index is -3.97. The molecule has 1 atom stereocenters. The summed E-state index contributed by atoms with van der Waals surface area (Å²) in [5, 5.41) is 3.04. The third-order valence-electron chi connectivity index (χ3n) is 6.50. The molecule has 0 saturated heterocycles. The number of nitrogens with zero attached hydrogens (tertiary/aromatic N) is 2. The first-order valence-electron chi connectivity index (χ1n) is 13.2. The highest BCUT2D eigenvalue weighted by atomic mass is 35.5. The summed E-state index contributed by atoms with van der Waals surface area (Å²) in [7, 11) is -2.55. The summed E-state index contributed by atoms with van der Waals surface area (Å²) in [5.74, 6) is -1.30. The quantitative estimate of drug-likeness (QED) is 0.267. The summed E-state index contributed by atoms with van der Waals surface area (Å²) in [6.07, 6.45) is 2.71. The molecule has 0 aromatic heterocycles. The van der Waals surface area contributed by atoms with Crippen LogP contribution in [0.1, 0.15) is 30.9 Å². The molecule has 0 fully saturated rings. The molecule has 3 aromatic carbocycles. The highest BCUT2D eigenvalue weighted by Gasteiger charge is 2.33. The molecule has 2 amide bonds. The second-order valence-corrected chi connectivity index (χ2v) is 11.9. The van der Waals surface area contributed by atoms with Crippen LogP contribution >= 0.6 is 11.6 Å². The number of unbranched alkanes of at least 4 members (excludes halogenated alkanes) is 1. The van der Waals surface area contributed by atoms with Gasteiger partial charge in [0.25, 0.3) is 0 Å². The predicted octanol–water partition coefficient (Wildman–Crippen LogP) is 4.81. The van der Waals surface area contributed by atoms with Crippen molar-refractivity contribution in [2.75, 3.05) is 30.8 Å². The normalized spacial score (nSPS) is 11.9. The number of carbonyl (C=O) groups excluding carboxylic acids is 2. The van der Waals surface area contributed by atoms with E-state index >= 15 is 0 Å². The number of methoxy groups -OCH3 is 1. The van der Waals surface area contributed by atoms with E-state index in [0.29, 0.717) is 12.3 Å². The van der Waals surface area contributed by atoms with Crippen LogP contribution in [0.2, 0.25) is 5.02 Å². The Balaban J connectivity index is 2.05. The maximum atomic E-state index is 14.8. The summed E-state index contributed by atoms with van der Waals surface area (Å²) in [5.41, 5.74) is 1.12. The van der Waals surface area contributed by atoms with Gasteiger partial charge in [-0.25, -0.2) is 12.8 Å². The van der Waals surface area contributed by atoms with Gasteiger partial charge in [0.05, 0.1) is 24.1 Å². The van der Waals surface area contributed by atoms with E-state index in [9.17, 15) is 22.4 Å². The molecule has 0 radical (unpaired) electrons. The Bertz CT molecular complexity index is 1440. The minimum Gasteiger partial charge on any atom is -0.495 e. The number of ether oxygens (including phenoxy) is 1. The number of benzene rings is 3. The summed E-state index contributed by atoms with van der Waals surface area (Å²) in [6, 6.07) is 18.4. The van der Waals surface area contributed by atoms with Crippen LogP contribution in [0.3, 0.4) is 0 Å². The average Bonchev–Trinajstić information content (AvgIpc) is 2.94. The van der Waals surface area contributed by atoms with Gasteiger partial charge in [0.2, 0.25) is 21.8 Å². The van der Waals surface area contributed by atoms with Crippen LogP contribution in [-0.4, -0.2) is 57.6 Å². The number of hydrogen-bond acceptors (Lipinski definition) is 5. The highest BCUT2D eigenvalue weighted by molar-refractivity contribution is 7.92. The van der Waals surface area contributed by atoms with Crippen molar-refractivity contribution >= 4 is 39.1 Å². The molecular formula is C30H35ClFN3O5S. The maximum Gasteiger partial charge on any atom is 0.244 e. The molecule has 220 valence electrons. The molecular weight excluding hydrogens is 569 g/mol. The van der Waals surface area contributed by atoms with Gasteiger partial charge in [-0.2, -0.15) is 0 Å². The van der Waals surface area contributed by atoms with Crippen molar-refractivity contribution in [2.24, 2.45) is 0 Å². The molecule has 1 N–H and O–H groups in total. The van der Waals surface area contributed by atoms with Crippen LogP contribution in [-0.2, 0) is 32.6 Å². The van der Waals surface area contributed by atoms with Crippen LogP contribution in [0.15, 0.2) is 72.8 Å². The fourth-order valence-corrected chi connectivity index (χ4v) is 5.39. The van der Waals surface area contributed by atoms with Gasteiger partial charge >= 0.3 is 0 Å². The Morgan fingerprint density at radius 1 is 1.05 bits per heavy atom. The Morgan fingerprint density at radius 3 is 2.34 bits per heavy atom. The fraction of sp³-hybridized carbons (Fsp3) is 0.333. The van der Waals surface area contributed by atoms with Crippen molar-refractivity contribution in [3.8, 4) is 5.75 Å². The second kappa shape index (κ2) is 14.8. The summed E-state index contributed by atoms with van der Waals surface area (Å²) in [6.45, 7) is 1.52. The first kappa shape index (κ1) is 31.9. The standard InChI is InChI=1S/C30H35ClFN3O5S/c1-4-5-17-33-30(37)27(18-22-11-7-6-8-12-22)34(20-23-13-9-10-14-26(23)32)29(36)21-35(41(3,38)39)24-15-16-28(40-2)25(31)19-24/h6-16,19,27H,4-5,17-18,20-21H2,1-3H3,(H,33,37)/t27-/m1/s1. The molecule has 0 spiro atoms. The Kier molecular flexibility index (Phi) is 11.5. The lowest BCUT2D eigenvalue weighted by molar-refractivity contribution is -0.140. The molecule has 0 aliphatic heterocycles. The third-order valence-corrected chi connectivity index (χ3v) is 7.94. The Morgan fingerprint density at radius 2 is 1.73 bits per heavy atom. The lowest BCUT2D eigenvalue weighted by Crippen LogP contribution is -2.53. The smallest absolute Gasteiger partial charge is 0.244 e. The summed E-state index contributed by atoms with van der Waals surface area (Å²) < 4.78 is 46.6. The lowest BCUT2D eigenvalue weighted by atomic mass is 10.0. The van der Waals surface area contributed by atoms with E-state index in [1.807, 2.05) is 37.3 Å². The number of halogens is 2. The predicted molar refractivity (Wildman–Crippen MR) is 159 cm³/mol. The lowest BCUT2D eigenvalue weighted by Gasteiger charge is -2.33. The molecule has 0 heterocycles. The summed E-state index contributed by atoms with van der Waals surface area (Å²) in [4.78, 5) is 28.8. The molecule has 3 aromatic rings. The molecule has 0 aliphatic rings. The number of amides is 2. The molecule has 0 unspecified atom stereocenters. The average molecular weight is 604 g/mol. The van der Waals surface area contributed by atoms with E-state index in [-0.39, 0.29) is 29.2 Å². The van der Waals surface area contributed by atoms with Crippen LogP contribution < -0.4 is 14.4 Å². The number of rotatable bonds is 14. The van der Waals surface area contributed by atoms with E-state index in [2.05, 4.69) is 5.32 Å². The third kappa shape index (κ3) is 8.93. The van der Waals surface area contributed by atoms with E-state index < -0.39 is 40.2 Å². The molecule has 41 heavy (non-hydrogen) atoms. The first-order valence-corrected chi connectivity index (χ1v) is 15.4. The molecule has 0 bridgehead atoms. The van der Waals surface area contributed by atoms with Gasteiger partial charge in [-0.15, -0.1) is 0 Å². The molecule has 8 nitrogen and oxygen atoms in total. The first-order chi connectivity index (χ1) is 19.5. The van der Waals surface area contributed by atoms with Gasteiger partial charge in [-0.1, -0.05) is 73.5 Å². The van der Waals surface area contributed by atoms with Gasteiger partial charge in [0.1, 0.15) is 24.2 Å². The number of anilines is 1. The zero-order valence-electron chi connectivity index (χ0n) is 23.3. The highest BCUT2D eigenvalue weighted by Crippen LogP contribution is 2.30.